The Morgan fingerprint density at radius 2 is 1.39 bits per heavy atom. The zero-order chi connectivity index (χ0) is 19.2. The predicted molar refractivity (Wildman–Crippen MR) is 113 cm³/mol. The molecule has 0 aliphatic rings. The Balaban J connectivity index is 1.61. The lowest BCUT2D eigenvalue weighted by Gasteiger charge is -2.24. The molecule has 4 aromatic rings. The number of fused-ring (bicyclic) bond motifs is 1. The highest BCUT2D eigenvalue weighted by atomic mass is 16.6. The van der Waals surface area contributed by atoms with E-state index in [4.69, 9.17) is 4.74 Å². The van der Waals surface area contributed by atoms with Gasteiger partial charge in [-0.1, -0.05) is 78.9 Å². The summed E-state index contributed by atoms with van der Waals surface area (Å²) < 4.78 is 5.55. The Morgan fingerprint density at radius 1 is 0.750 bits per heavy atom. The minimum atomic E-state index is -0.469. The first-order valence-electron chi connectivity index (χ1n) is 9.11. The van der Waals surface area contributed by atoms with Gasteiger partial charge in [0, 0.05) is 0 Å². The van der Waals surface area contributed by atoms with Crippen LogP contribution in [0.4, 0.5) is 16.2 Å². The summed E-state index contributed by atoms with van der Waals surface area (Å²) in [4.78, 5) is 12.9. The van der Waals surface area contributed by atoms with E-state index in [-0.39, 0.29) is 6.61 Å². The molecular weight excluding hydrogens is 348 g/mol. The van der Waals surface area contributed by atoms with Crippen LogP contribution in [0.2, 0.25) is 0 Å². The van der Waals surface area contributed by atoms with E-state index in [9.17, 15) is 4.79 Å². The van der Waals surface area contributed by atoms with Crippen LogP contribution in [-0.4, -0.2) is 6.09 Å². The second kappa shape index (κ2) is 8.27. The van der Waals surface area contributed by atoms with Crippen molar-refractivity contribution in [1.82, 2.24) is 0 Å². The molecule has 0 saturated carbocycles. The van der Waals surface area contributed by atoms with Crippen LogP contribution >= 0.6 is 0 Å². The van der Waals surface area contributed by atoms with Crippen molar-refractivity contribution < 1.29 is 9.53 Å². The highest BCUT2D eigenvalue weighted by molar-refractivity contribution is 5.94. The molecule has 1 amide bonds. The lowest BCUT2D eigenvalue weighted by Crippen LogP contribution is -2.36. The lowest BCUT2D eigenvalue weighted by atomic mass is 10.1. The summed E-state index contributed by atoms with van der Waals surface area (Å²) in [7, 11) is 0. The Kier molecular flexibility index (Phi) is 5.20. The van der Waals surface area contributed by atoms with E-state index in [1.165, 1.54) is 5.01 Å². The third kappa shape index (κ3) is 4.13. The summed E-state index contributed by atoms with van der Waals surface area (Å²) in [5.41, 5.74) is 5.60. The molecule has 4 aromatic carbocycles. The fourth-order valence-corrected chi connectivity index (χ4v) is 2.96. The van der Waals surface area contributed by atoms with Gasteiger partial charge >= 0.3 is 6.09 Å². The van der Waals surface area contributed by atoms with Gasteiger partial charge < -0.3 is 4.74 Å². The van der Waals surface area contributed by atoms with Gasteiger partial charge in [-0.25, -0.2) is 4.79 Å². The van der Waals surface area contributed by atoms with Gasteiger partial charge in [-0.15, -0.1) is 0 Å². The molecule has 4 heteroatoms. The van der Waals surface area contributed by atoms with E-state index < -0.39 is 6.09 Å². The minimum absolute atomic E-state index is 0.209. The molecule has 0 spiro atoms. The van der Waals surface area contributed by atoms with Gasteiger partial charge in [-0.05, 0) is 40.6 Å². The average molecular weight is 368 g/mol. The van der Waals surface area contributed by atoms with E-state index in [0.717, 1.165) is 22.0 Å². The zero-order valence-electron chi connectivity index (χ0n) is 15.3. The van der Waals surface area contributed by atoms with Crippen LogP contribution in [0, 0.1) is 0 Å². The Labute approximate surface area is 164 Å². The zero-order valence-corrected chi connectivity index (χ0v) is 15.3. The largest absolute Gasteiger partial charge is 0.443 e. The van der Waals surface area contributed by atoms with Gasteiger partial charge in [-0.2, -0.15) is 5.01 Å². The summed E-state index contributed by atoms with van der Waals surface area (Å²) in [5, 5.41) is 3.60. The van der Waals surface area contributed by atoms with E-state index in [2.05, 4.69) is 5.43 Å². The molecule has 0 heterocycles. The smallest absolute Gasteiger partial charge is 0.433 e. The molecule has 4 rings (SSSR count). The second-order valence-corrected chi connectivity index (χ2v) is 6.38. The maximum Gasteiger partial charge on any atom is 0.433 e. The minimum Gasteiger partial charge on any atom is -0.443 e. The molecular formula is C24H20N2O2. The molecule has 0 aliphatic heterocycles. The summed E-state index contributed by atoms with van der Waals surface area (Å²) in [6.45, 7) is 0.209. The SMILES string of the molecule is O=C(OCc1ccccc1)N(Nc1ccccc1)c1ccc2ccccc2c1. The fraction of sp³-hybridized carbons (Fsp3) is 0.0417. The first-order valence-corrected chi connectivity index (χ1v) is 9.11. The lowest BCUT2D eigenvalue weighted by molar-refractivity contribution is 0.148. The number of hydrogen-bond donors (Lipinski definition) is 1. The van der Waals surface area contributed by atoms with Crippen molar-refractivity contribution in [3.63, 3.8) is 0 Å². The van der Waals surface area contributed by atoms with E-state index >= 15 is 0 Å². The number of para-hydroxylation sites is 1. The Hall–Kier alpha value is -3.79. The molecule has 0 radical (unpaired) electrons. The molecule has 0 bridgehead atoms. The number of hydrogen-bond acceptors (Lipinski definition) is 3. The molecule has 4 nitrogen and oxygen atoms in total. The molecule has 0 unspecified atom stereocenters. The summed E-state index contributed by atoms with van der Waals surface area (Å²) in [6.07, 6.45) is -0.469. The second-order valence-electron chi connectivity index (χ2n) is 6.38. The normalized spacial score (nSPS) is 10.4. The number of rotatable bonds is 5. The van der Waals surface area contributed by atoms with Crippen molar-refractivity contribution in [2.75, 3.05) is 10.4 Å². The fourth-order valence-electron chi connectivity index (χ4n) is 2.96. The van der Waals surface area contributed by atoms with Crippen LogP contribution in [0.25, 0.3) is 10.8 Å². The number of ether oxygens (including phenoxy) is 1. The first kappa shape index (κ1) is 17.6. The third-order valence-electron chi connectivity index (χ3n) is 4.39. The topological polar surface area (TPSA) is 41.6 Å². The van der Waals surface area contributed by atoms with Crippen molar-refractivity contribution >= 4 is 28.2 Å². The number of benzene rings is 4. The monoisotopic (exact) mass is 368 g/mol. The van der Waals surface area contributed by atoms with E-state index in [1.807, 2.05) is 103 Å². The van der Waals surface area contributed by atoms with Crippen LogP contribution in [0.3, 0.4) is 0 Å². The van der Waals surface area contributed by atoms with Crippen LogP contribution in [0.15, 0.2) is 103 Å². The summed E-state index contributed by atoms with van der Waals surface area (Å²) in [6, 6.07) is 33.1. The number of anilines is 2. The van der Waals surface area contributed by atoms with Crippen molar-refractivity contribution in [2.45, 2.75) is 6.61 Å². The maximum absolute atomic E-state index is 12.9. The molecule has 0 aromatic heterocycles. The van der Waals surface area contributed by atoms with Gasteiger partial charge in [0.05, 0.1) is 11.4 Å². The number of carbonyl (C=O) groups excluding carboxylic acids is 1. The summed E-state index contributed by atoms with van der Waals surface area (Å²) in [5.74, 6) is 0. The number of nitrogens with zero attached hydrogens (tertiary/aromatic N) is 1. The average Bonchev–Trinajstić information content (AvgIpc) is 2.77. The summed E-state index contributed by atoms with van der Waals surface area (Å²) >= 11 is 0. The molecule has 1 N–H and O–H groups in total. The predicted octanol–water partition coefficient (Wildman–Crippen LogP) is 6.01. The Morgan fingerprint density at radius 3 is 2.14 bits per heavy atom. The standard InChI is InChI=1S/C24H20N2O2/c27-24(28-18-19-9-3-1-4-10-19)26(25-22-13-5-2-6-14-22)23-16-15-20-11-7-8-12-21(20)17-23/h1-17,25H,18H2. The number of carbonyl (C=O) groups is 1. The third-order valence-corrected chi connectivity index (χ3v) is 4.39. The number of nitrogens with one attached hydrogen (secondary N) is 1. The molecule has 138 valence electrons. The quantitative estimate of drug-likeness (QED) is 0.439. The van der Waals surface area contributed by atoms with Gasteiger partial charge in [0.25, 0.3) is 0 Å². The highest BCUT2D eigenvalue weighted by Crippen LogP contribution is 2.24. The molecule has 0 aliphatic carbocycles. The van der Waals surface area contributed by atoms with Gasteiger partial charge in [0.15, 0.2) is 0 Å². The van der Waals surface area contributed by atoms with E-state index in [0.29, 0.717) is 5.69 Å². The number of hydrazine groups is 1. The maximum atomic E-state index is 12.9. The van der Waals surface area contributed by atoms with Gasteiger partial charge in [-0.3, -0.25) is 5.43 Å². The highest BCUT2D eigenvalue weighted by Gasteiger charge is 2.18. The van der Waals surface area contributed by atoms with E-state index in [1.54, 1.807) is 0 Å². The molecule has 28 heavy (non-hydrogen) atoms. The first-order chi connectivity index (χ1) is 13.8. The van der Waals surface area contributed by atoms with Crippen LogP contribution in [0.1, 0.15) is 5.56 Å². The van der Waals surface area contributed by atoms with Gasteiger partial charge in [0.1, 0.15) is 6.61 Å². The van der Waals surface area contributed by atoms with Gasteiger partial charge in [0.2, 0.25) is 0 Å². The van der Waals surface area contributed by atoms with Crippen LogP contribution in [0.5, 0.6) is 0 Å². The number of amides is 1. The van der Waals surface area contributed by atoms with Crippen molar-refractivity contribution in [3.05, 3.63) is 109 Å². The van der Waals surface area contributed by atoms with Crippen molar-refractivity contribution in [2.24, 2.45) is 0 Å². The molecule has 0 atom stereocenters. The van der Waals surface area contributed by atoms with Crippen LogP contribution in [-0.2, 0) is 11.3 Å². The van der Waals surface area contributed by atoms with Crippen molar-refractivity contribution in [1.29, 1.82) is 0 Å². The molecule has 0 fully saturated rings. The van der Waals surface area contributed by atoms with Crippen molar-refractivity contribution in [3.8, 4) is 0 Å². The van der Waals surface area contributed by atoms with Crippen LogP contribution < -0.4 is 10.4 Å². The molecule has 0 saturated heterocycles. The Bertz CT molecular complexity index is 1070.